The van der Waals surface area contributed by atoms with Crippen LogP contribution in [0.3, 0.4) is 0 Å². The highest BCUT2D eigenvalue weighted by atomic mass is 79.9. The van der Waals surface area contributed by atoms with E-state index in [1.54, 1.807) is 18.2 Å². The SMILES string of the molecule is O=C(Cn1cnc2ccc(Br)cc2c1=O)NCC(=O)NC1CCCCC1. The van der Waals surface area contributed by atoms with E-state index in [0.717, 1.165) is 30.2 Å². The van der Waals surface area contributed by atoms with E-state index in [1.165, 1.54) is 17.3 Å². The summed E-state index contributed by atoms with van der Waals surface area (Å²) in [5.74, 6) is -0.597. The number of hydrogen-bond acceptors (Lipinski definition) is 4. The lowest BCUT2D eigenvalue weighted by molar-refractivity contribution is -0.126. The second kappa shape index (κ2) is 8.44. The molecule has 8 heteroatoms. The van der Waals surface area contributed by atoms with Crippen LogP contribution in [0.2, 0.25) is 0 Å². The van der Waals surface area contributed by atoms with Crippen molar-refractivity contribution < 1.29 is 9.59 Å². The number of benzene rings is 1. The molecule has 1 aliphatic carbocycles. The molecular formula is C18H21BrN4O3. The van der Waals surface area contributed by atoms with Crippen molar-refractivity contribution >= 4 is 38.6 Å². The smallest absolute Gasteiger partial charge is 0.261 e. The summed E-state index contributed by atoms with van der Waals surface area (Å²) < 4.78 is 2.01. The van der Waals surface area contributed by atoms with E-state index in [1.807, 2.05) is 0 Å². The van der Waals surface area contributed by atoms with Gasteiger partial charge in [-0.05, 0) is 31.0 Å². The first kappa shape index (κ1) is 18.6. The Hall–Kier alpha value is -2.22. The number of halogens is 1. The molecule has 0 spiro atoms. The van der Waals surface area contributed by atoms with Crippen molar-refractivity contribution in [1.29, 1.82) is 0 Å². The maximum Gasteiger partial charge on any atom is 0.261 e. The van der Waals surface area contributed by atoms with E-state index in [2.05, 4.69) is 31.5 Å². The molecule has 1 aromatic carbocycles. The van der Waals surface area contributed by atoms with Gasteiger partial charge in [-0.2, -0.15) is 0 Å². The second-order valence-electron chi connectivity index (χ2n) is 6.52. The van der Waals surface area contributed by atoms with Gasteiger partial charge in [-0.1, -0.05) is 35.2 Å². The Morgan fingerprint density at radius 2 is 1.96 bits per heavy atom. The molecule has 26 heavy (non-hydrogen) atoms. The minimum atomic E-state index is -0.401. The van der Waals surface area contributed by atoms with Gasteiger partial charge in [0.25, 0.3) is 5.56 Å². The molecule has 1 aromatic heterocycles. The average Bonchev–Trinajstić information content (AvgIpc) is 2.64. The van der Waals surface area contributed by atoms with Crippen LogP contribution in [0.15, 0.2) is 33.8 Å². The summed E-state index contributed by atoms with van der Waals surface area (Å²) >= 11 is 3.32. The fourth-order valence-electron chi connectivity index (χ4n) is 3.16. The van der Waals surface area contributed by atoms with Crippen molar-refractivity contribution in [1.82, 2.24) is 20.2 Å². The lowest BCUT2D eigenvalue weighted by Gasteiger charge is -2.22. The predicted octanol–water partition coefficient (Wildman–Crippen LogP) is 1.72. The lowest BCUT2D eigenvalue weighted by Crippen LogP contribution is -2.43. The van der Waals surface area contributed by atoms with E-state index in [0.29, 0.717) is 10.9 Å². The zero-order chi connectivity index (χ0) is 18.5. The zero-order valence-electron chi connectivity index (χ0n) is 14.3. The molecule has 0 saturated heterocycles. The summed E-state index contributed by atoms with van der Waals surface area (Å²) in [6.45, 7) is -0.262. The number of rotatable bonds is 5. The first-order valence-corrected chi connectivity index (χ1v) is 9.53. The Labute approximate surface area is 159 Å². The number of carbonyl (C=O) groups is 2. The third kappa shape index (κ3) is 4.69. The highest BCUT2D eigenvalue weighted by Gasteiger charge is 2.16. The third-order valence-electron chi connectivity index (χ3n) is 4.52. The fraction of sp³-hybridized carbons (Fsp3) is 0.444. The molecule has 0 atom stereocenters. The van der Waals surface area contributed by atoms with Crippen molar-refractivity contribution in [2.45, 2.75) is 44.7 Å². The van der Waals surface area contributed by atoms with E-state index >= 15 is 0 Å². The monoisotopic (exact) mass is 420 g/mol. The van der Waals surface area contributed by atoms with Crippen LogP contribution in [-0.2, 0) is 16.1 Å². The normalized spacial score (nSPS) is 15.0. The second-order valence-corrected chi connectivity index (χ2v) is 7.43. The van der Waals surface area contributed by atoms with Crippen molar-refractivity contribution in [3.63, 3.8) is 0 Å². The number of amides is 2. The first-order valence-electron chi connectivity index (χ1n) is 8.74. The van der Waals surface area contributed by atoms with Crippen molar-refractivity contribution in [3.8, 4) is 0 Å². The first-order chi connectivity index (χ1) is 12.5. The highest BCUT2D eigenvalue weighted by Crippen LogP contribution is 2.17. The van der Waals surface area contributed by atoms with Crippen molar-refractivity contribution in [2.24, 2.45) is 0 Å². The van der Waals surface area contributed by atoms with Gasteiger partial charge in [-0.25, -0.2) is 4.98 Å². The van der Waals surface area contributed by atoms with Crippen LogP contribution < -0.4 is 16.2 Å². The Morgan fingerprint density at radius 1 is 1.19 bits per heavy atom. The largest absolute Gasteiger partial charge is 0.352 e. The molecular weight excluding hydrogens is 400 g/mol. The summed E-state index contributed by atoms with van der Waals surface area (Å²) in [7, 11) is 0. The van der Waals surface area contributed by atoms with E-state index in [4.69, 9.17) is 0 Å². The van der Waals surface area contributed by atoms with E-state index in [-0.39, 0.29) is 30.6 Å². The molecule has 2 aromatic rings. The predicted molar refractivity (Wildman–Crippen MR) is 102 cm³/mol. The molecule has 1 saturated carbocycles. The van der Waals surface area contributed by atoms with Gasteiger partial charge in [0.2, 0.25) is 11.8 Å². The van der Waals surface area contributed by atoms with Gasteiger partial charge < -0.3 is 10.6 Å². The summed E-state index contributed by atoms with van der Waals surface area (Å²) in [5.41, 5.74) is 0.278. The van der Waals surface area contributed by atoms with Crippen LogP contribution >= 0.6 is 15.9 Å². The van der Waals surface area contributed by atoms with Gasteiger partial charge in [0.15, 0.2) is 0 Å². The quantitative estimate of drug-likeness (QED) is 0.769. The Morgan fingerprint density at radius 3 is 2.73 bits per heavy atom. The van der Waals surface area contributed by atoms with Crippen molar-refractivity contribution in [2.75, 3.05) is 6.54 Å². The molecule has 0 radical (unpaired) electrons. The van der Waals surface area contributed by atoms with Gasteiger partial charge in [0, 0.05) is 10.5 Å². The Kier molecular flexibility index (Phi) is 6.03. The standard InChI is InChI=1S/C18H21BrN4O3/c19-12-6-7-15-14(8-12)18(26)23(11-21-15)10-17(25)20-9-16(24)22-13-4-2-1-3-5-13/h6-8,11,13H,1-5,9-10H2,(H,20,25)(H,22,24). The number of nitrogens with zero attached hydrogens (tertiary/aromatic N) is 2. The number of hydrogen-bond donors (Lipinski definition) is 2. The van der Waals surface area contributed by atoms with E-state index < -0.39 is 5.91 Å². The zero-order valence-corrected chi connectivity index (χ0v) is 15.9. The summed E-state index contributed by atoms with van der Waals surface area (Å²) in [4.78, 5) is 40.7. The van der Waals surface area contributed by atoms with Crippen LogP contribution in [0.5, 0.6) is 0 Å². The molecule has 2 amide bonds. The summed E-state index contributed by atoms with van der Waals surface area (Å²) in [6, 6.07) is 5.42. The molecule has 0 unspecified atom stereocenters. The maximum atomic E-state index is 12.5. The van der Waals surface area contributed by atoms with Gasteiger partial charge in [-0.15, -0.1) is 0 Å². The third-order valence-corrected chi connectivity index (χ3v) is 5.01. The van der Waals surface area contributed by atoms with Crippen LogP contribution in [0.25, 0.3) is 10.9 Å². The Bertz CT molecular complexity index is 874. The number of aromatic nitrogens is 2. The molecule has 3 rings (SSSR count). The van der Waals surface area contributed by atoms with Gasteiger partial charge in [0.1, 0.15) is 6.54 Å². The molecule has 7 nitrogen and oxygen atoms in total. The maximum absolute atomic E-state index is 12.5. The summed E-state index contributed by atoms with van der Waals surface area (Å²) in [5, 5.41) is 5.93. The average molecular weight is 421 g/mol. The van der Waals surface area contributed by atoms with Gasteiger partial charge >= 0.3 is 0 Å². The van der Waals surface area contributed by atoms with Crippen LogP contribution in [-0.4, -0.2) is 34.0 Å². The molecule has 1 aliphatic rings. The molecule has 2 N–H and O–H groups in total. The molecule has 138 valence electrons. The van der Waals surface area contributed by atoms with Crippen LogP contribution in [0, 0.1) is 0 Å². The minimum Gasteiger partial charge on any atom is -0.352 e. The van der Waals surface area contributed by atoms with E-state index in [9.17, 15) is 14.4 Å². The minimum absolute atomic E-state index is 0.0867. The molecule has 0 aliphatic heterocycles. The van der Waals surface area contributed by atoms with Crippen LogP contribution in [0.1, 0.15) is 32.1 Å². The lowest BCUT2D eigenvalue weighted by atomic mass is 9.95. The Balaban J connectivity index is 1.56. The van der Waals surface area contributed by atoms with Crippen LogP contribution in [0.4, 0.5) is 0 Å². The van der Waals surface area contributed by atoms with Gasteiger partial charge in [0.05, 0.1) is 23.8 Å². The molecule has 1 heterocycles. The number of nitrogens with one attached hydrogen (secondary N) is 2. The van der Waals surface area contributed by atoms with Crippen molar-refractivity contribution in [3.05, 3.63) is 39.4 Å². The number of carbonyl (C=O) groups excluding carboxylic acids is 2. The topological polar surface area (TPSA) is 93.1 Å². The fourth-order valence-corrected chi connectivity index (χ4v) is 3.52. The highest BCUT2D eigenvalue weighted by molar-refractivity contribution is 9.10. The summed E-state index contributed by atoms with van der Waals surface area (Å²) in [6.07, 6.45) is 6.81. The van der Waals surface area contributed by atoms with Gasteiger partial charge in [-0.3, -0.25) is 19.0 Å². The number of fused-ring (bicyclic) bond motifs is 1. The molecule has 0 bridgehead atoms. The molecule has 1 fully saturated rings.